The zero-order chi connectivity index (χ0) is 20.1. The molecular formula is C22H24N4O3. The Hall–Kier alpha value is -3.19. The van der Waals surface area contributed by atoms with Gasteiger partial charge in [-0.05, 0) is 50.2 Å². The fraction of sp³-hybridized carbons (Fsp3) is 0.318. The summed E-state index contributed by atoms with van der Waals surface area (Å²) in [5, 5.41) is 7.06. The molecule has 2 heterocycles. The van der Waals surface area contributed by atoms with Crippen molar-refractivity contribution in [2.24, 2.45) is 5.92 Å². The first-order valence-corrected chi connectivity index (χ1v) is 9.76. The van der Waals surface area contributed by atoms with Gasteiger partial charge in [0.15, 0.2) is 0 Å². The topological polar surface area (TPSA) is 80.5 Å². The van der Waals surface area contributed by atoms with Crippen LogP contribution in [-0.2, 0) is 11.3 Å². The fourth-order valence-electron chi connectivity index (χ4n) is 3.49. The van der Waals surface area contributed by atoms with Crippen LogP contribution < -0.4 is 10.1 Å². The third-order valence-corrected chi connectivity index (χ3v) is 5.17. The molecule has 1 fully saturated rings. The van der Waals surface area contributed by atoms with Crippen molar-refractivity contribution in [2.45, 2.75) is 19.4 Å². The highest BCUT2D eigenvalue weighted by Crippen LogP contribution is 2.22. The van der Waals surface area contributed by atoms with Gasteiger partial charge in [-0.1, -0.05) is 35.5 Å². The van der Waals surface area contributed by atoms with Crippen molar-refractivity contribution in [2.75, 3.05) is 25.5 Å². The first-order valence-electron chi connectivity index (χ1n) is 9.76. The molecule has 3 aromatic rings. The van der Waals surface area contributed by atoms with Crippen LogP contribution >= 0.6 is 0 Å². The van der Waals surface area contributed by atoms with Gasteiger partial charge in [0.05, 0.1) is 13.7 Å². The van der Waals surface area contributed by atoms with Gasteiger partial charge < -0.3 is 14.6 Å². The van der Waals surface area contributed by atoms with Crippen LogP contribution in [-0.4, -0.2) is 41.1 Å². The molecule has 1 aliphatic rings. The number of nitrogens with one attached hydrogen (secondary N) is 1. The molecular weight excluding hydrogens is 368 g/mol. The van der Waals surface area contributed by atoms with E-state index in [1.807, 2.05) is 54.6 Å². The van der Waals surface area contributed by atoms with E-state index in [0.29, 0.717) is 18.3 Å². The molecule has 0 bridgehead atoms. The zero-order valence-electron chi connectivity index (χ0n) is 16.4. The summed E-state index contributed by atoms with van der Waals surface area (Å²) in [5.74, 6) is 2.06. The van der Waals surface area contributed by atoms with Crippen LogP contribution in [0.3, 0.4) is 0 Å². The van der Waals surface area contributed by atoms with Crippen LogP contribution in [0.5, 0.6) is 5.75 Å². The summed E-state index contributed by atoms with van der Waals surface area (Å²) in [7, 11) is 1.62. The predicted octanol–water partition coefficient (Wildman–Crippen LogP) is 3.60. The van der Waals surface area contributed by atoms with Crippen LogP contribution in [0.15, 0.2) is 59.1 Å². The lowest BCUT2D eigenvalue weighted by atomic mass is 9.96. The van der Waals surface area contributed by atoms with Crippen molar-refractivity contribution < 1.29 is 14.1 Å². The number of hydrogen-bond acceptors (Lipinski definition) is 6. The minimum absolute atomic E-state index is 0.0101. The van der Waals surface area contributed by atoms with Crippen LogP contribution in [0.2, 0.25) is 0 Å². The average Bonchev–Trinajstić information content (AvgIpc) is 3.24. The van der Waals surface area contributed by atoms with Gasteiger partial charge in [0.1, 0.15) is 5.75 Å². The van der Waals surface area contributed by atoms with Crippen molar-refractivity contribution in [1.29, 1.82) is 0 Å². The number of methoxy groups -OCH3 is 1. The van der Waals surface area contributed by atoms with Crippen molar-refractivity contribution in [3.63, 3.8) is 0 Å². The number of amides is 1. The van der Waals surface area contributed by atoms with Crippen molar-refractivity contribution >= 4 is 11.6 Å². The molecule has 1 saturated heterocycles. The lowest BCUT2D eigenvalue weighted by Gasteiger charge is -2.30. The van der Waals surface area contributed by atoms with E-state index < -0.39 is 0 Å². The van der Waals surface area contributed by atoms with Gasteiger partial charge in [0, 0.05) is 17.2 Å². The monoisotopic (exact) mass is 392 g/mol. The third kappa shape index (κ3) is 4.81. The number of carbonyl (C=O) groups is 1. The summed E-state index contributed by atoms with van der Waals surface area (Å²) in [6.45, 7) is 2.25. The number of aromatic nitrogens is 2. The first kappa shape index (κ1) is 19.1. The van der Waals surface area contributed by atoms with E-state index >= 15 is 0 Å². The number of hydrogen-bond donors (Lipinski definition) is 1. The number of anilines is 1. The Kier molecular flexibility index (Phi) is 5.86. The number of rotatable bonds is 6. The van der Waals surface area contributed by atoms with E-state index in [0.717, 1.165) is 42.9 Å². The molecule has 1 amide bonds. The zero-order valence-corrected chi connectivity index (χ0v) is 16.4. The second-order valence-corrected chi connectivity index (χ2v) is 7.15. The summed E-state index contributed by atoms with van der Waals surface area (Å²) in [4.78, 5) is 19.3. The minimum Gasteiger partial charge on any atom is -0.497 e. The summed E-state index contributed by atoms with van der Waals surface area (Å²) in [6.07, 6.45) is 1.61. The molecule has 4 rings (SSSR count). The second kappa shape index (κ2) is 8.87. The predicted molar refractivity (Wildman–Crippen MR) is 109 cm³/mol. The number of piperidine rings is 1. The lowest BCUT2D eigenvalue weighted by molar-refractivity contribution is -0.121. The van der Waals surface area contributed by atoms with Gasteiger partial charge in [-0.3, -0.25) is 9.69 Å². The molecule has 0 saturated carbocycles. The molecule has 1 aliphatic heterocycles. The summed E-state index contributed by atoms with van der Waals surface area (Å²) in [5.41, 5.74) is 1.73. The Balaban J connectivity index is 1.27. The molecule has 2 aromatic carbocycles. The normalized spacial score (nSPS) is 15.2. The molecule has 0 unspecified atom stereocenters. The van der Waals surface area contributed by atoms with Gasteiger partial charge in [-0.15, -0.1) is 0 Å². The van der Waals surface area contributed by atoms with Gasteiger partial charge in [0.2, 0.25) is 17.6 Å². The standard InChI is InChI=1S/C22H24N4O3/c1-28-19-9-7-18(8-10-19)23-22(27)17-11-13-26(14-12-17)15-20-24-21(25-29-20)16-5-3-2-4-6-16/h2-10,17H,11-15H2,1H3,(H,23,27). The molecule has 7 nitrogen and oxygen atoms in total. The fourth-order valence-corrected chi connectivity index (χ4v) is 3.49. The molecule has 7 heteroatoms. The molecule has 0 radical (unpaired) electrons. The van der Waals surface area contributed by atoms with Crippen LogP contribution in [0, 0.1) is 5.92 Å². The largest absolute Gasteiger partial charge is 0.497 e. The Bertz CT molecular complexity index is 932. The maximum absolute atomic E-state index is 12.5. The van der Waals surface area contributed by atoms with Crippen LogP contribution in [0.1, 0.15) is 18.7 Å². The number of carbonyl (C=O) groups excluding carboxylic acids is 1. The summed E-state index contributed by atoms with van der Waals surface area (Å²) in [6, 6.07) is 17.2. The van der Waals surface area contributed by atoms with Crippen LogP contribution in [0.4, 0.5) is 5.69 Å². The molecule has 0 spiro atoms. The highest BCUT2D eigenvalue weighted by atomic mass is 16.5. The van der Waals surface area contributed by atoms with Gasteiger partial charge in [-0.2, -0.15) is 4.98 Å². The SMILES string of the molecule is COc1ccc(NC(=O)C2CCN(Cc3nc(-c4ccccc4)no3)CC2)cc1. The molecule has 1 N–H and O–H groups in total. The molecule has 0 aliphatic carbocycles. The van der Waals surface area contributed by atoms with Crippen molar-refractivity contribution in [3.8, 4) is 17.1 Å². The number of likely N-dealkylation sites (tertiary alicyclic amines) is 1. The van der Waals surface area contributed by atoms with E-state index in [-0.39, 0.29) is 11.8 Å². The van der Waals surface area contributed by atoms with Gasteiger partial charge in [0.25, 0.3) is 0 Å². The van der Waals surface area contributed by atoms with Gasteiger partial charge >= 0.3 is 0 Å². The lowest BCUT2D eigenvalue weighted by Crippen LogP contribution is -2.37. The van der Waals surface area contributed by atoms with E-state index in [2.05, 4.69) is 20.4 Å². The average molecular weight is 392 g/mol. The summed E-state index contributed by atoms with van der Waals surface area (Å²) < 4.78 is 10.5. The summed E-state index contributed by atoms with van der Waals surface area (Å²) >= 11 is 0. The molecule has 29 heavy (non-hydrogen) atoms. The second-order valence-electron chi connectivity index (χ2n) is 7.15. The van der Waals surface area contributed by atoms with Crippen LogP contribution in [0.25, 0.3) is 11.4 Å². The van der Waals surface area contributed by atoms with Gasteiger partial charge in [-0.25, -0.2) is 0 Å². The highest BCUT2D eigenvalue weighted by Gasteiger charge is 2.26. The van der Waals surface area contributed by atoms with Crippen molar-refractivity contribution in [1.82, 2.24) is 15.0 Å². The smallest absolute Gasteiger partial charge is 0.241 e. The van der Waals surface area contributed by atoms with E-state index in [4.69, 9.17) is 9.26 Å². The maximum atomic E-state index is 12.5. The first-order chi connectivity index (χ1) is 14.2. The highest BCUT2D eigenvalue weighted by molar-refractivity contribution is 5.92. The Morgan fingerprint density at radius 2 is 1.86 bits per heavy atom. The Morgan fingerprint density at radius 1 is 1.14 bits per heavy atom. The maximum Gasteiger partial charge on any atom is 0.241 e. The third-order valence-electron chi connectivity index (χ3n) is 5.17. The molecule has 0 atom stereocenters. The van der Waals surface area contributed by atoms with E-state index in [1.165, 1.54) is 0 Å². The quantitative estimate of drug-likeness (QED) is 0.690. The van der Waals surface area contributed by atoms with Crippen molar-refractivity contribution in [3.05, 3.63) is 60.5 Å². The minimum atomic E-state index is 0.0101. The number of benzene rings is 2. The van der Waals surface area contributed by atoms with E-state index in [1.54, 1.807) is 7.11 Å². The number of ether oxygens (including phenoxy) is 1. The van der Waals surface area contributed by atoms with E-state index in [9.17, 15) is 4.79 Å². The Morgan fingerprint density at radius 3 is 2.55 bits per heavy atom. The number of nitrogens with zero attached hydrogens (tertiary/aromatic N) is 3. The molecule has 150 valence electrons. The molecule has 1 aromatic heterocycles. The Labute approximate surface area is 169 Å².